The molecule has 0 aromatic rings. The second-order valence-electron chi connectivity index (χ2n) is 9.61. The molecule has 0 aromatic carbocycles. The zero-order valence-corrected chi connectivity index (χ0v) is 20.0. The van der Waals surface area contributed by atoms with E-state index in [0.29, 0.717) is 0 Å². The van der Waals surface area contributed by atoms with Gasteiger partial charge in [0.1, 0.15) is 11.2 Å². The molecule has 0 spiro atoms. The summed E-state index contributed by atoms with van der Waals surface area (Å²) in [6, 6.07) is 0. The Kier molecular flexibility index (Phi) is 10.3. The molecule has 14 heteroatoms. The summed E-state index contributed by atoms with van der Waals surface area (Å²) in [6.45, 7) is 9.49. The van der Waals surface area contributed by atoms with Gasteiger partial charge in [0.2, 0.25) is 0 Å². The van der Waals surface area contributed by atoms with Crippen LogP contribution in [0.5, 0.6) is 0 Å². The molecule has 0 saturated heterocycles. The van der Waals surface area contributed by atoms with Crippen LogP contribution in [0.2, 0.25) is 0 Å². The third kappa shape index (κ3) is 9.63. The Morgan fingerprint density at radius 3 is 1.66 bits per heavy atom. The first-order chi connectivity index (χ1) is 15.3. The van der Waals surface area contributed by atoms with Gasteiger partial charge in [0.05, 0.1) is 12.3 Å². The number of halogens is 8. The predicted octanol–water partition coefficient (Wildman–Crippen LogP) is 5.34. The van der Waals surface area contributed by atoms with Gasteiger partial charge in [-0.1, -0.05) is 6.58 Å². The van der Waals surface area contributed by atoms with E-state index in [4.69, 9.17) is 9.47 Å². The van der Waals surface area contributed by atoms with E-state index < -0.39 is 84.2 Å². The predicted molar refractivity (Wildman–Crippen MR) is 105 cm³/mol. The van der Waals surface area contributed by atoms with Gasteiger partial charge in [-0.15, -0.1) is 0 Å². The van der Waals surface area contributed by atoms with Crippen molar-refractivity contribution in [3.8, 4) is 0 Å². The highest BCUT2D eigenvalue weighted by molar-refractivity contribution is 5.89. The first-order valence-corrected chi connectivity index (χ1v) is 10.1. The highest BCUT2D eigenvalue weighted by Crippen LogP contribution is 2.48. The summed E-state index contributed by atoms with van der Waals surface area (Å²) in [5, 5.41) is 0. The van der Waals surface area contributed by atoms with E-state index in [9.17, 15) is 49.5 Å². The maximum Gasteiger partial charge on any atom is 0.381 e. The summed E-state index contributed by atoms with van der Waals surface area (Å²) in [7, 11) is 0. The summed E-state index contributed by atoms with van der Waals surface area (Å²) in [4.78, 5) is 36.5. The second kappa shape index (κ2) is 11.1. The van der Waals surface area contributed by atoms with Gasteiger partial charge in [0.25, 0.3) is 0 Å². The van der Waals surface area contributed by atoms with Crippen LogP contribution >= 0.6 is 0 Å². The Balaban J connectivity index is 5.49. The Bertz CT molecular complexity index is 797. The molecule has 6 nitrogen and oxygen atoms in total. The van der Waals surface area contributed by atoms with E-state index in [0.717, 1.165) is 0 Å². The van der Waals surface area contributed by atoms with E-state index in [1.807, 2.05) is 0 Å². The normalized spacial score (nSPS) is 14.4. The van der Waals surface area contributed by atoms with Crippen LogP contribution in [0.25, 0.3) is 0 Å². The molecule has 0 radical (unpaired) electrons. The van der Waals surface area contributed by atoms with Crippen molar-refractivity contribution in [1.82, 2.24) is 0 Å². The largest absolute Gasteiger partial charge is 0.460 e. The molecule has 0 fully saturated rings. The third-order valence-corrected chi connectivity index (χ3v) is 3.89. The molecular formula is C21H28F8O6. The van der Waals surface area contributed by atoms with E-state index >= 15 is 0 Å². The van der Waals surface area contributed by atoms with Crippen LogP contribution in [0.4, 0.5) is 35.1 Å². The number of ether oxygens (including phenoxy) is 3. The van der Waals surface area contributed by atoms with Gasteiger partial charge in [0, 0.05) is 5.57 Å². The fourth-order valence-electron chi connectivity index (χ4n) is 2.32. The number of rotatable bonds is 11. The van der Waals surface area contributed by atoms with E-state index in [2.05, 4.69) is 11.3 Å². The standard InChI is InChI=1S/C21H28F8O6/c1-11(14(31)33-10-19(24,25)21(28,29)20(26,27)16(22)23)8-12(15(32)35-18(5,6)7)9-13(30)34-17(2,3)4/h12,16H,1,8-10H2,2-7H3. The van der Waals surface area contributed by atoms with E-state index in [1.165, 1.54) is 41.5 Å². The highest BCUT2D eigenvalue weighted by Gasteiger charge is 2.75. The van der Waals surface area contributed by atoms with Crippen LogP contribution in [-0.2, 0) is 28.6 Å². The zero-order chi connectivity index (χ0) is 28.2. The molecule has 0 aliphatic carbocycles. The van der Waals surface area contributed by atoms with Crippen LogP contribution in [0.3, 0.4) is 0 Å². The van der Waals surface area contributed by atoms with E-state index in [1.54, 1.807) is 0 Å². The summed E-state index contributed by atoms with van der Waals surface area (Å²) < 4.78 is 118. The quantitative estimate of drug-likeness (QED) is 0.156. The van der Waals surface area contributed by atoms with Crippen LogP contribution in [-0.4, -0.2) is 59.9 Å². The van der Waals surface area contributed by atoms with Gasteiger partial charge in [-0.05, 0) is 48.0 Å². The average Bonchev–Trinajstić information content (AvgIpc) is 2.61. The first-order valence-electron chi connectivity index (χ1n) is 10.1. The van der Waals surface area contributed by atoms with E-state index in [-0.39, 0.29) is 0 Å². The third-order valence-electron chi connectivity index (χ3n) is 3.89. The SMILES string of the molecule is C=C(CC(CC(=O)OC(C)(C)C)C(=O)OC(C)(C)C)C(=O)OCC(F)(F)C(F)(F)C(F)(F)C(F)F. The Morgan fingerprint density at radius 1 is 0.800 bits per heavy atom. The minimum Gasteiger partial charge on any atom is -0.460 e. The van der Waals surface area contributed by atoms with Crippen molar-refractivity contribution in [2.24, 2.45) is 5.92 Å². The lowest BCUT2D eigenvalue weighted by molar-refractivity contribution is -0.344. The van der Waals surface area contributed by atoms with Crippen LogP contribution in [0.15, 0.2) is 12.2 Å². The minimum atomic E-state index is -6.56. The first kappa shape index (κ1) is 32.6. The van der Waals surface area contributed by atoms with Gasteiger partial charge in [-0.3, -0.25) is 9.59 Å². The van der Waals surface area contributed by atoms with Gasteiger partial charge >= 0.3 is 42.1 Å². The maximum atomic E-state index is 13.6. The van der Waals surface area contributed by atoms with Crippen molar-refractivity contribution < 1.29 is 63.7 Å². The molecule has 1 atom stereocenters. The highest BCUT2D eigenvalue weighted by atomic mass is 19.4. The fourth-order valence-corrected chi connectivity index (χ4v) is 2.32. The van der Waals surface area contributed by atoms with Crippen LogP contribution < -0.4 is 0 Å². The Labute approximate surface area is 196 Å². The smallest absolute Gasteiger partial charge is 0.381 e. The number of esters is 3. The summed E-state index contributed by atoms with van der Waals surface area (Å²) >= 11 is 0. The Morgan fingerprint density at radius 2 is 1.26 bits per heavy atom. The topological polar surface area (TPSA) is 78.9 Å². The molecule has 0 saturated carbocycles. The van der Waals surface area contributed by atoms with Gasteiger partial charge in [-0.25, -0.2) is 13.6 Å². The molecule has 35 heavy (non-hydrogen) atoms. The molecule has 0 bridgehead atoms. The van der Waals surface area contributed by atoms with Crippen LogP contribution in [0.1, 0.15) is 54.4 Å². The van der Waals surface area contributed by atoms with Crippen LogP contribution in [0, 0.1) is 5.92 Å². The maximum absolute atomic E-state index is 13.6. The molecular weight excluding hydrogens is 500 g/mol. The molecule has 0 aliphatic rings. The summed E-state index contributed by atoms with van der Waals surface area (Å²) in [6.07, 6.45) is -6.54. The number of carbonyl (C=O) groups excluding carboxylic acids is 3. The van der Waals surface area contributed by atoms with Crippen molar-refractivity contribution in [3.63, 3.8) is 0 Å². The molecule has 0 N–H and O–H groups in total. The summed E-state index contributed by atoms with van der Waals surface area (Å²) in [5.74, 6) is -24.1. The van der Waals surface area contributed by atoms with Crippen molar-refractivity contribution in [1.29, 1.82) is 0 Å². The molecule has 0 heterocycles. The van der Waals surface area contributed by atoms with Gasteiger partial charge in [-0.2, -0.15) is 26.3 Å². The lowest BCUT2D eigenvalue weighted by Gasteiger charge is -2.31. The van der Waals surface area contributed by atoms with Crippen molar-refractivity contribution in [2.45, 2.75) is 89.8 Å². The number of hydrogen-bond acceptors (Lipinski definition) is 6. The molecule has 0 aromatic heterocycles. The summed E-state index contributed by atoms with van der Waals surface area (Å²) in [5.41, 5.74) is -2.79. The van der Waals surface area contributed by atoms with Crippen molar-refractivity contribution in [3.05, 3.63) is 12.2 Å². The molecule has 0 amide bonds. The van der Waals surface area contributed by atoms with Crippen molar-refractivity contribution >= 4 is 17.9 Å². The van der Waals surface area contributed by atoms with Crippen molar-refractivity contribution in [2.75, 3.05) is 6.61 Å². The molecule has 0 rings (SSSR count). The minimum absolute atomic E-state index is 0.659. The molecule has 204 valence electrons. The number of carbonyl (C=O) groups is 3. The number of alkyl halides is 8. The number of hydrogen-bond donors (Lipinski definition) is 0. The Hall–Kier alpha value is -2.41. The monoisotopic (exact) mass is 528 g/mol. The molecule has 0 aliphatic heterocycles. The van der Waals surface area contributed by atoms with Gasteiger partial charge in [0.15, 0.2) is 6.61 Å². The second-order valence-corrected chi connectivity index (χ2v) is 9.61. The van der Waals surface area contributed by atoms with Gasteiger partial charge < -0.3 is 14.2 Å². The zero-order valence-electron chi connectivity index (χ0n) is 20.0. The molecule has 1 unspecified atom stereocenters. The lowest BCUT2D eigenvalue weighted by atomic mass is 9.96. The fraction of sp³-hybridized carbons (Fsp3) is 0.762. The average molecular weight is 528 g/mol. The lowest BCUT2D eigenvalue weighted by Crippen LogP contribution is -2.59.